The topological polar surface area (TPSA) is 38.0 Å². The molecule has 19 heavy (non-hydrogen) atoms. The Balaban J connectivity index is 2.48. The Kier molecular flexibility index (Phi) is 7.47. The second kappa shape index (κ2) is 8.60. The molecule has 0 saturated carbocycles. The molecule has 2 nitrogen and oxygen atoms in total. The molecule has 0 spiro atoms. The van der Waals surface area contributed by atoms with Crippen LogP contribution in [0, 0.1) is 0 Å². The second-order valence-electron chi connectivity index (χ2n) is 5.53. The van der Waals surface area contributed by atoms with E-state index in [9.17, 15) is 0 Å². The highest BCUT2D eigenvalue weighted by Gasteiger charge is 2.22. The summed E-state index contributed by atoms with van der Waals surface area (Å²) in [6, 6.07) is 8.22. The van der Waals surface area contributed by atoms with Crippen LogP contribution in [-0.2, 0) is 0 Å². The van der Waals surface area contributed by atoms with E-state index in [0.717, 1.165) is 16.6 Å². The Hall–Kier alpha value is -0.540. The van der Waals surface area contributed by atoms with Crippen LogP contribution in [0.3, 0.4) is 0 Å². The van der Waals surface area contributed by atoms with Crippen molar-refractivity contribution in [1.82, 2.24) is 0 Å². The predicted molar refractivity (Wildman–Crippen MR) is 88.6 cm³/mol. The molecule has 0 radical (unpaired) electrons. The van der Waals surface area contributed by atoms with E-state index in [-0.39, 0.29) is 5.54 Å². The maximum absolute atomic E-state index is 5.97. The molecule has 1 rings (SSSR count). The van der Waals surface area contributed by atoms with Crippen LogP contribution in [-0.4, -0.2) is 12.1 Å². The molecule has 0 aliphatic carbocycles. The van der Waals surface area contributed by atoms with Gasteiger partial charge in [-0.05, 0) is 41.4 Å². The number of unbranched alkanes of at least 4 members (excludes halogenated alkanes) is 4. The Morgan fingerprint density at radius 3 is 2.47 bits per heavy atom. The smallest absolute Gasteiger partial charge is 0.0489 e. The zero-order valence-electron chi connectivity index (χ0n) is 12.2. The normalized spacial score (nSPS) is 14.1. The van der Waals surface area contributed by atoms with E-state index in [0.29, 0.717) is 6.54 Å². The molecule has 3 N–H and O–H groups in total. The molecule has 0 heterocycles. The minimum Gasteiger partial charge on any atom is -0.378 e. The van der Waals surface area contributed by atoms with Crippen molar-refractivity contribution in [3.8, 4) is 0 Å². The molecule has 0 aliphatic rings. The minimum atomic E-state index is -0.0178. The van der Waals surface area contributed by atoms with Crippen molar-refractivity contribution in [3.63, 3.8) is 0 Å². The monoisotopic (exact) mass is 326 g/mol. The molecule has 3 heteroatoms. The third-order valence-corrected chi connectivity index (χ3v) is 4.28. The second-order valence-corrected chi connectivity index (χ2v) is 6.39. The number of hydrogen-bond donors (Lipinski definition) is 2. The van der Waals surface area contributed by atoms with E-state index in [1.54, 1.807) is 0 Å². The number of rotatable bonds is 9. The minimum absolute atomic E-state index is 0.0178. The number of nitrogens with one attached hydrogen (secondary N) is 1. The van der Waals surface area contributed by atoms with Gasteiger partial charge < -0.3 is 11.1 Å². The van der Waals surface area contributed by atoms with Gasteiger partial charge in [0.15, 0.2) is 0 Å². The van der Waals surface area contributed by atoms with Gasteiger partial charge in [0.1, 0.15) is 0 Å². The van der Waals surface area contributed by atoms with Crippen LogP contribution in [0.1, 0.15) is 52.4 Å². The van der Waals surface area contributed by atoms with Gasteiger partial charge in [0, 0.05) is 22.2 Å². The fourth-order valence-corrected chi connectivity index (χ4v) is 2.61. The molecule has 0 fully saturated rings. The molecule has 0 aromatic heterocycles. The summed E-state index contributed by atoms with van der Waals surface area (Å²) in [6.45, 7) is 5.12. The van der Waals surface area contributed by atoms with Gasteiger partial charge in [0.05, 0.1) is 0 Å². The number of hydrogen-bond acceptors (Lipinski definition) is 2. The van der Waals surface area contributed by atoms with E-state index in [2.05, 4.69) is 47.2 Å². The van der Waals surface area contributed by atoms with Crippen LogP contribution >= 0.6 is 15.9 Å². The van der Waals surface area contributed by atoms with Crippen LogP contribution < -0.4 is 11.1 Å². The first-order valence-corrected chi connectivity index (χ1v) is 8.13. The van der Waals surface area contributed by atoms with Crippen LogP contribution in [0.15, 0.2) is 28.7 Å². The SMILES string of the molecule is CCCCCCCC(C)(CN)Nc1ccccc1Br. The number of para-hydroxylation sites is 1. The van der Waals surface area contributed by atoms with Crippen LogP contribution in [0.4, 0.5) is 5.69 Å². The third-order valence-electron chi connectivity index (χ3n) is 3.59. The summed E-state index contributed by atoms with van der Waals surface area (Å²) < 4.78 is 1.10. The first-order valence-electron chi connectivity index (χ1n) is 7.34. The molecule has 0 amide bonds. The lowest BCUT2D eigenvalue weighted by molar-refractivity contribution is 0.448. The van der Waals surface area contributed by atoms with Gasteiger partial charge >= 0.3 is 0 Å². The Labute approximate surface area is 126 Å². The number of halogens is 1. The largest absolute Gasteiger partial charge is 0.378 e. The van der Waals surface area contributed by atoms with Gasteiger partial charge in [0.2, 0.25) is 0 Å². The molecule has 0 bridgehead atoms. The quantitative estimate of drug-likeness (QED) is 0.631. The fraction of sp³-hybridized carbons (Fsp3) is 0.625. The van der Waals surface area contributed by atoms with E-state index < -0.39 is 0 Å². The van der Waals surface area contributed by atoms with Crippen molar-refractivity contribution in [2.45, 2.75) is 57.9 Å². The van der Waals surface area contributed by atoms with E-state index in [1.807, 2.05) is 12.1 Å². The molecular formula is C16H27BrN2. The highest BCUT2D eigenvalue weighted by Crippen LogP contribution is 2.27. The highest BCUT2D eigenvalue weighted by atomic mass is 79.9. The molecule has 108 valence electrons. The lowest BCUT2D eigenvalue weighted by atomic mass is 9.93. The first-order chi connectivity index (χ1) is 9.11. The lowest BCUT2D eigenvalue weighted by Gasteiger charge is -2.31. The van der Waals surface area contributed by atoms with Crippen molar-refractivity contribution >= 4 is 21.6 Å². The average molecular weight is 327 g/mol. The molecule has 1 unspecified atom stereocenters. The van der Waals surface area contributed by atoms with Crippen molar-refractivity contribution in [1.29, 1.82) is 0 Å². The summed E-state index contributed by atoms with van der Waals surface area (Å²) in [7, 11) is 0. The molecule has 1 atom stereocenters. The summed E-state index contributed by atoms with van der Waals surface area (Å²) in [5.41, 5.74) is 7.08. The van der Waals surface area contributed by atoms with Gasteiger partial charge in [-0.15, -0.1) is 0 Å². The van der Waals surface area contributed by atoms with Gasteiger partial charge in [-0.25, -0.2) is 0 Å². The van der Waals surface area contributed by atoms with Crippen molar-refractivity contribution in [3.05, 3.63) is 28.7 Å². The molecule has 0 saturated heterocycles. The first kappa shape index (κ1) is 16.5. The van der Waals surface area contributed by atoms with Gasteiger partial charge in [-0.1, -0.05) is 51.2 Å². The zero-order valence-corrected chi connectivity index (χ0v) is 13.8. The van der Waals surface area contributed by atoms with Crippen molar-refractivity contribution < 1.29 is 0 Å². The van der Waals surface area contributed by atoms with E-state index >= 15 is 0 Å². The van der Waals surface area contributed by atoms with Gasteiger partial charge in [0.25, 0.3) is 0 Å². The third kappa shape index (κ3) is 5.96. The lowest BCUT2D eigenvalue weighted by Crippen LogP contribution is -2.42. The maximum atomic E-state index is 5.97. The van der Waals surface area contributed by atoms with Crippen molar-refractivity contribution in [2.24, 2.45) is 5.73 Å². The van der Waals surface area contributed by atoms with E-state index in [4.69, 9.17) is 5.73 Å². The number of nitrogens with two attached hydrogens (primary N) is 1. The highest BCUT2D eigenvalue weighted by molar-refractivity contribution is 9.10. The number of anilines is 1. The zero-order chi connectivity index (χ0) is 14.1. The van der Waals surface area contributed by atoms with Crippen LogP contribution in [0.2, 0.25) is 0 Å². The molecular weight excluding hydrogens is 300 g/mol. The summed E-state index contributed by atoms with van der Waals surface area (Å²) in [4.78, 5) is 0. The fourth-order valence-electron chi connectivity index (χ4n) is 2.22. The van der Waals surface area contributed by atoms with E-state index in [1.165, 1.54) is 32.1 Å². The molecule has 1 aromatic carbocycles. The Bertz CT molecular complexity index is 368. The van der Waals surface area contributed by atoms with Crippen molar-refractivity contribution in [2.75, 3.05) is 11.9 Å². The summed E-state index contributed by atoms with van der Waals surface area (Å²) in [5.74, 6) is 0. The molecule has 0 aliphatic heterocycles. The molecule has 1 aromatic rings. The summed E-state index contributed by atoms with van der Waals surface area (Å²) >= 11 is 3.58. The van der Waals surface area contributed by atoms with Crippen LogP contribution in [0.5, 0.6) is 0 Å². The maximum Gasteiger partial charge on any atom is 0.0489 e. The van der Waals surface area contributed by atoms with Gasteiger partial charge in [-0.3, -0.25) is 0 Å². The summed E-state index contributed by atoms with van der Waals surface area (Å²) in [5, 5.41) is 3.59. The van der Waals surface area contributed by atoms with Gasteiger partial charge in [-0.2, -0.15) is 0 Å². The Morgan fingerprint density at radius 1 is 1.16 bits per heavy atom. The van der Waals surface area contributed by atoms with Crippen LogP contribution in [0.25, 0.3) is 0 Å². The standard InChI is InChI=1S/C16H27BrN2/c1-3-4-5-6-9-12-16(2,13-18)19-15-11-8-7-10-14(15)17/h7-8,10-11,19H,3-6,9,12-13,18H2,1-2H3. The summed E-state index contributed by atoms with van der Waals surface area (Å²) in [6.07, 6.45) is 7.65. The average Bonchev–Trinajstić information content (AvgIpc) is 2.41. The number of benzene rings is 1. The predicted octanol–water partition coefficient (Wildman–Crippen LogP) is 4.94. The Morgan fingerprint density at radius 2 is 1.84 bits per heavy atom.